The van der Waals surface area contributed by atoms with Gasteiger partial charge in [-0.3, -0.25) is 9.89 Å². The summed E-state index contributed by atoms with van der Waals surface area (Å²) in [4.78, 5) is 9.14. The average Bonchev–Trinajstić information content (AvgIpc) is 3.02. The van der Waals surface area contributed by atoms with Crippen molar-refractivity contribution in [3.05, 3.63) is 47.1 Å². The quantitative estimate of drug-likeness (QED) is 0.596. The first-order chi connectivity index (χ1) is 16.5. The molecule has 2 fully saturated rings. The molecule has 0 aromatic heterocycles. The highest BCUT2D eigenvalue weighted by Crippen LogP contribution is 2.34. The summed E-state index contributed by atoms with van der Waals surface area (Å²) in [5, 5.41) is 20.3. The van der Waals surface area contributed by atoms with Crippen molar-refractivity contribution in [1.29, 1.82) is 0 Å². The van der Waals surface area contributed by atoms with Gasteiger partial charge in [0, 0.05) is 50.9 Å². The standard InChI is InChI=1S/C28H39N5O/c1-5-8-23(18-29-3)22-11-12-24(27(34)17-22)25-15-20(6-2)16-28(31-30-25)33-14-13-32(4)26(19-33)21-9-7-10-21/h8,11-12,15,17-18,21,26,34H,5-7,9-10,13-14,16,19H2,1-4H3/b23-8+,29-18?. The van der Waals surface area contributed by atoms with E-state index < -0.39 is 0 Å². The molecule has 1 atom stereocenters. The molecule has 1 aromatic carbocycles. The minimum absolute atomic E-state index is 0.220. The van der Waals surface area contributed by atoms with E-state index in [4.69, 9.17) is 5.10 Å². The maximum Gasteiger partial charge on any atom is 0.131 e. The van der Waals surface area contributed by atoms with E-state index in [9.17, 15) is 5.11 Å². The zero-order valence-electron chi connectivity index (χ0n) is 21.2. The molecule has 0 spiro atoms. The number of aromatic hydroxyl groups is 1. The van der Waals surface area contributed by atoms with Crippen LogP contribution in [0.3, 0.4) is 0 Å². The Hall–Kier alpha value is -2.73. The first kappa shape index (κ1) is 24.4. The first-order valence-electron chi connectivity index (χ1n) is 12.8. The second-order valence-corrected chi connectivity index (χ2v) is 9.71. The van der Waals surface area contributed by atoms with Gasteiger partial charge in [0.05, 0.1) is 5.71 Å². The topological polar surface area (TPSA) is 63.8 Å². The van der Waals surface area contributed by atoms with Crippen LogP contribution in [0.4, 0.5) is 0 Å². The van der Waals surface area contributed by atoms with Crippen molar-refractivity contribution < 1.29 is 5.11 Å². The Kier molecular flexibility index (Phi) is 7.99. The van der Waals surface area contributed by atoms with E-state index in [1.54, 1.807) is 13.1 Å². The molecular weight excluding hydrogens is 422 g/mol. The third-order valence-electron chi connectivity index (χ3n) is 7.51. The number of aliphatic imine (C=N–C) groups is 1. The van der Waals surface area contributed by atoms with Crippen LogP contribution >= 0.6 is 0 Å². The monoisotopic (exact) mass is 461 g/mol. The molecule has 1 aromatic rings. The van der Waals surface area contributed by atoms with Gasteiger partial charge in [-0.05, 0) is 68.0 Å². The van der Waals surface area contributed by atoms with Crippen molar-refractivity contribution in [2.45, 2.75) is 58.4 Å². The molecule has 1 saturated carbocycles. The zero-order chi connectivity index (χ0) is 24.1. The molecule has 1 unspecified atom stereocenters. The summed E-state index contributed by atoms with van der Waals surface area (Å²) in [6.45, 7) is 7.37. The number of phenolic OH excluding ortho intramolecular Hbond substituents is 1. The average molecular weight is 462 g/mol. The largest absolute Gasteiger partial charge is 0.507 e. The summed E-state index contributed by atoms with van der Waals surface area (Å²) in [5.74, 6) is 2.10. The molecule has 1 aliphatic carbocycles. The minimum Gasteiger partial charge on any atom is -0.507 e. The Balaban J connectivity index is 1.60. The lowest BCUT2D eigenvalue weighted by molar-refractivity contribution is 0.0611. The van der Waals surface area contributed by atoms with Gasteiger partial charge in [-0.15, -0.1) is 10.2 Å². The van der Waals surface area contributed by atoms with Crippen molar-refractivity contribution in [2.24, 2.45) is 21.1 Å². The smallest absolute Gasteiger partial charge is 0.131 e. The summed E-state index contributed by atoms with van der Waals surface area (Å²) in [6, 6.07) is 6.39. The van der Waals surface area contributed by atoms with Gasteiger partial charge in [-0.25, -0.2) is 0 Å². The number of phenols is 1. The Morgan fingerprint density at radius 1 is 1.21 bits per heavy atom. The Bertz CT molecular complexity index is 1030. The molecule has 0 bridgehead atoms. The van der Waals surface area contributed by atoms with Crippen molar-refractivity contribution in [3.8, 4) is 5.75 Å². The fourth-order valence-corrected chi connectivity index (χ4v) is 5.16. The summed E-state index contributed by atoms with van der Waals surface area (Å²) >= 11 is 0. The highest BCUT2D eigenvalue weighted by atomic mass is 16.3. The van der Waals surface area contributed by atoms with E-state index in [0.717, 1.165) is 73.1 Å². The number of allylic oxidation sites excluding steroid dienone is 3. The zero-order valence-corrected chi connectivity index (χ0v) is 21.2. The summed E-state index contributed by atoms with van der Waals surface area (Å²) in [6.07, 6.45) is 12.8. The van der Waals surface area contributed by atoms with Crippen molar-refractivity contribution in [2.75, 3.05) is 33.7 Å². The van der Waals surface area contributed by atoms with E-state index in [1.165, 1.54) is 24.8 Å². The molecule has 182 valence electrons. The summed E-state index contributed by atoms with van der Waals surface area (Å²) in [7, 11) is 4.03. The third kappa shape index (κ3) is 5.33. The van der Waals surface area contributed by atoms with Gasteiger partial charge in [0.1, 0.15) is 11.6 Å². The number of nitrogens with zero attached hydrogens (tertiary/aromatic N) is 5. The lowest BCUT2D eigenvalue weighted by Crippen LogP contribution is -2.56. The van der Waals surface area contributed by atoms with Gasteiger partial charge in [-0.1, -0.05) is 38.0 Å². The van der Waals surface area contributed by atoms with Gasteiger partial charge in [0.15, 0.2) is 0 Å². The van der Waals surface area contributed by atoms with E-state index >= 15 is 0 Å². The van der Waals surface area contributed by atoms with Crippen LogP contribution in [-0.2, 0) is 0 Å². The summed E-state index contributed by atoms with van der Waals surface area (Å²) in [5.41, 5.74) is 4.70. The molecule has 1 N–H and O–H groups in total. The Morgan fingerprint density at radius 2 is 2.03 bits per heavy atom. The second-order valence-electron chi connectivity index (χ2n) is 9.71. The number of likely N-dealkylation sites (N-methyl/N-ethyl adjacent to an activating group) is 1. The fourth-order valence-electron chi connectivity index (χ4n) is 5.16. The predicted molar refractivity (Wildman–Crippen MR) is 143 cm³/mol. The second kappa shape index (κ2) is 11.1. The van der Waals surface area contributed by atoms with E-state index in [-0.39, 0.29) is 5.75 Å². The number of benzene rings is 1. The number of piperazine rings is 1. The summed E-state index contributed by atoms with van der Waals surface area (Å²) < 4.78 is 0. The lowest BCUT2D eigenvalue weighted by Gasteiger charge is -2.46. The van der Waals surface area contributed by atoms with E-state index in [1.807, 2.05) is 18.3 Å². The lowest BCUT2D eigenvalue weighted by atomic mass is 9.78. The highest BCUT2D eigenvalue weighted by molar-refractivity contribution is 6.13. The van der Waals surface area contributed by atoms with Crippen LogP contribution < -0.4 is 0 Å². The third-order valence-corrected chi connectivity index (χ3v) is 7.51. The maximum atomic E-state index is 10.9. The van der Waals surface area contributed by atoms with Gasteiger partial charge in [-0.2, -0.15) is 0 Å². The Morgan fingerprint density at radius 3 is 2.68 bits per heavy atom. The van der Waals surface area contributed by atoms with Crippen molar-refractivity contribution in [3.63, 3.8) is 0 Å². The molecule has 6 nitrogen and oxygen atoms in total. The molecule has 6 heteroatoms. The van der Waals surface area contributed by atoms with Gasteiger partial charge < -0.3 is 10.0 Å². The molecule has 34 heavy (non-hydrogen) atoms. The SMILES string of the molecule is CC/C=C(\C=NC)c1ccc(C2=NN=C(N3CCN(C)C(C4CCC4)C3)CC(CC)=C2)c(O)c1. The van der Waals surface area contributed by atoms with E-state index in [2.05, 4.69) is 52.9 Å². The molecule has 4 rings (SSSR count). The van der Waals surface area contributed by atoms with Gasteiger partial charge >= 0.3 is 0 Å². The molecule has 0 amide bonds. The van der Waals surface area contributed by atoms with Crippen molar-refractivity contribution >= 4 is 23.3 Å². The predicted octanol–water partition coefficient (Wildman–Crippen LogP) is 5.15. The van der Waals surface area contributed by atoms with Gasteiger partial charge in [0.25, 0.3) is 0 Å². The van der Waals surface area contributed by atoms with Crippen LogP contribution in [0.15, 0.2) is 51.1 Å². The van der Waals surface area contributed by atoms with Crippen LogP contribution in [0, 0.1) is 5.92 Å². The van der Waals surface area contributed by atoms with Crippen LogP contribution in [0.1, 0.15) is 63.5 Å². The van der Waals surface area contributed by atoms with Crippen LogP contribution in [-0.4, -0.2) is 72.4 Å². The number of hydrogen-bond donors (Lipinski definition) is 1. The molecule has 0 radical (unpaired) electrons. The normalized spacial score (nSPS) is 22.8. The maximum absolute atomic E-state index is 10.9. The Labute approximate surface area is 204 Å². The van der Waals surface area contributed by atoms with Crippen molar-refractivity contribution in [1.82, 2.24) is 9.80 Å². The van der Waals surface area contributed by atoms with Crippen LogP contribution in [0.5, 0.6) is 5.75 Å². The minimum atomic E-state index is 0.220. The fraction of sp³-hybridized carbons (Fsp3) is 0.536. The number of rotatable bonds is 6. The molecule has 3 aliphatic rings. The van der Waals surface area contributed by atoms with Crippen LogP contribution in [0.25, 0.3) is 5.57 Å². The number of amidine groups is 1. The van der Waals surface area contributed by atoms with Crippen LogP contribution in [0.2, 0.25) is 0 Å². The van der Waals surface area contributed by atoms with E-state index in [0.29, 0.717) is 6.04 Å². The highest BCUT2D eigenvalue weighted by Gasteiger charge is 2.35. The van der Waals surface area contributed by atoms with Gasteiger partial charge in [0.2, 0.25) is 0 Å². The molecular formula is C28H39N5O. The molecule has 2 aliphatic heterocycles. The number of hydrogen-bond acceptors (Lipinski definition) is 6. The molecule has 2 heterocycles. The molecule has 1 saturated heterocycles. The first-order valence-corrected chi connectivity index (χ1v) is 12.8.